The quantitative estimate of drug-likeness (QED) is 0.0448. The standard InChI is InChI=1S/C43H55N4O8P/c1-29(2)47(30(3)4)56(52-25-13-24-44)55-36-26-37(39-40(46-28-45-39)54-41(48)42(5,6)7)53-38(36)27-51-43(31-14-11-10-12-15-31,32-16-20-34(49-8)21-17-32)33-18-22-35(50-9)23-19-33/h10-12,14-23,28-30,36-38H,13,25-27H2,1-9H3,(H,45,46)/t36-,37+,38+,56?/m0/s1. The number of esters is 1. The molecule has 4 aromatic rings. The van der Waals surface area contributed by atoms with Gasteiger partial charge in [0.1, 0.15) is 35.0 Å². The number of carbonyl (C=O) groups excluding carboxylic acids is 1. The van der Waals surface area contributed by atoms with Gasteiger partial charge in [-0.2, -0.15) is 5.26 Å². The van der Waals surface area contributed by atoms with Gasteiger partial charge >= 0.3 is 5.97 Å². The van der Waals surface area contributed by atoms with Gasteiger partial charge in [0, 0.05) is 18.5 Å². The van der Waals surface area contributed by atoms with E-state index >= 15 is 0 Å². The molecular weight excluding hydrogens is 731 g/mol. The summed E-state index contributed by atoms with van der Waals surface area (Å²) in [7, 11) is 1.64. The van der Waals surface area contributed by atoms with Gasteiger partial charge in [-0.1, -0.05) is 54.6 Å². The number of nitrogens with one attached hydrogen (secondary N) is 1. The molecule has 1 aromatic heterocycles. The number of hydrogen-bond donors (Lipinski definition) is 1. The lowest BCUT2D eigenvalue weighted by Crippen LogP contribution is -2.39. The number of imidazole rings is 1. The number of hydrogen-bond acceptors (Lipinski definition) is 11. The van der Waals surface area contributed by atoms with E-state index < -0.39 is 43.8 Å². The summed E-state index contributed by atoms with van der Waals surface area (Å²) < 4.78 is 46.6. The van der Waals surface area contributed by atoms with E-state index in [-0.39, 0.29) is 37.6 Å². The number of nitrogens with zero attached hydrogens (tertiary/aromatic N) is 3. The van der Waals surface area contributed by atoms with E-state index in [1.165, 1.54) is 6.33 Å². The van der Waals surface area contributed by atoms with Crippen molar-refractivity contribution < 1.29 is 37.5 Å². The molecule has 5 rings (SSSR count). The molecule has 300 valence electrons. The molecule has 13 heteroatoms. The molecule has 4 atom stereocenters. The van der Waals surface area contributed by atoms with Crippen LogP contribution in [0.1, 0.15) is 89.8 Å². The Kier molecular flexibility index (Phi) is 14.7. The number of ether oxygens (including phenoxy) is 5. The predicted octanol–water partition coefficient (Wildman–Crippen LogP) is 8.88. The van der Waals surface area contributed by atoms with Crippen molar-refractivity contribution in [3.63, 3.8) is 0 Å². The fourth-order valence-electron chi connectivity index (χ4n) is 6.70. The minimum Gasteiger partial charge on any atom is -0.497 e. The highest BCUT2D eigenvalue weighted by Crippen LogP contribution is 2.51. The summed E-state index contributed by atoms with van der Waals surface area (Å²) in [5.41, 5.74) is 1.33. The van der Waals surface area contributed by atoms with E-state index in [9.17, 15) is 10.1 Å². The van der Waals surface area contributed by atoms with E-state index in [1.807, 2.05) is 78.9 Å². The van der Waals surface area contributed by atoms with Crippen LogP contribution < -0.4 is 14.2 Å². The van der Waals surface area contributed by atoms with Crippen LogP contribution in [-0.4, -0.2) is 72.3 Å². The van der Waals surface area contributed by atoms with Crippen molar-refractivity contribution in [2.75, 3.05) is 27.4 Å². The maximum absolute atomic E-state index is 13.0. The first-order valence-corrected chi connectivity index (χ1v) is 20.1. The summed E-state index contributed by atoms with van der Waals surface area (Å²) in [6.45, 7) is 14.1. The predicted molar refractivity (Wildman–Crippen MR) is 214 cm³/mol. The van der Waals surface area contributed by atoms with E-state index in [2.05, 4.69) is 48.4 Å². The Balaban J connectivity index is 1.59. The minimum atomic E-state index is -1.64. The first kappa shape index (κ1) is 42.8. The Morgan fingerprint density at radius 1 is 0.929 bits per heavy atom. The van der Waals surface area contributed by atoms with Crippen molar-refractivity contribution in [1.82, 2.24) is 14.6 Å². The Morgan fingerprint density at radius 3 is 2.02 bits per heavy atom. The molecule has 0 aliphatic carbocycles. The maximum atomic E-state index is 13.0. The van der Waals surface area contributed by atoms with Crippen molar-refractivity contribution in [3.05, 3.63) is 108 Å². The third-order valence-corrected chi connectivity index (χ3v) is 11.6. The summed E-state index contributed by atoms with van der Waals surface area (Å²) >= 11 is 0. The van der Waals surface area contributed by atoms with Crippen LogP contribution in [0.25, 0.3) is 0 Å². The zero-order valence-electron chi connectivity index (χ0n) is 33.9. The topological polar surface area (TPSA) is 137 Å². The van der Waals surface area contributed by atoms with Crippen LogP contribution in [-0.2, 0) is 28.9 Å². The molecular formula is C43H55N4O8P. The first-order chi connectivity index (χ1) is 26.8. The second kappa shape index (κ2) is 19.2. The van der Waals surface area contributed by atoms with Crippen LogP contribution >= 0.6 is 8.53 Å². The monoisotopic (exact) mass is 786 g/mol. The largest absolute Gasteiger partial charge is 0.497 e. The van der Waals surface area contributed by atoms with E-state index in [0.717, 1.165) is 16.7 Å². The average Bonchev–Trinajstić information content (AvgIpc) is 3.81. The molecule has 0 amide bonds. The molecule has 1 aliphatic heterocycles. The second-order valence-corrected chi connectivity index (χ2v) is 16.6. The van der Waals surface area contributed by atoms with Gasteiger partial charge in [-0.05, 0) is 89.4 Å². The average molecular weight is 787 g/mol. The van der Waals surface area contributed by atoms with Gasteiger partial charge in [-0.25, -0.2) is 9.65 Å². The number of aromatic amines is 1. The van der Waals surface area contributed by atoms with E-state index in [4.69, 9.17) is 32.7 Å². The highest BCUT2D eigenvalue weighted by atomic mass is 31.2. The number of carbonyl (C=O) groups is 1. The Morgan fingerprint density at radius 2 is 1.50 bits per heavy atom. The molecule has 0 saturated carbocycles. The fraction of sp³-hybridized carbons (Fsp3) is 0.465. The van der Waals surface area contributed by atoms with Gasteiger partial charge in [-0.3, -0.25) is 4.79 Å². The second-order valence-electron chi connectivity index (χ2n) is 15.2. The highest BCUT2D eigenvalue weighted by Gasteiger charge is 2.46. The van der Waals surface area contributed by atoms with Crippen LogP contribution in [0.2, 0.25) is 0 Å². The molecule has 12 nitrogen and oxygen atoms in total. The summed E-state index contributed by atoms with van der Waals surface area (Å²) in [5.74, 6) is 1.17. The lowest BCUT2D eigenvalue weighted by molar-refractivity contribution is -0.143. The zero-order valence-corrected chi connectivity index (χ0v) is 34.7. The molecule has 2 heterocycles. The summed E-state index contributed by atoms with van der Waals surface area (Å²) in [5, 5.41) is 9.36. The van der Waals surface area contributed by atoms with Crippen LogP contribution in [0, 0.1) is 16.7 Å². The van der Waals surface area contributed by atoms with Crippen LogP contribution in [0.4, 0.5) is 0 Å². The third-order valence-electron chi connectivity index (χ3n) is 9.48. The number of nitriles is 1. The lowest BCUT2D eigenvalue weighted by Gasteiger charge is -2.39. The summed E-state index contributed by atoms with van der Waals surface area (Å²) in [4.78, 5) is 20.5. The molecule has 1 saturated heterocycles. The molecule has 3 aromatic carbocycles. The molecule has 0 radical (unpaired) electrons. The summed E-state index contributed by atoms with van der Waals surface area (Å²) in [6.07, 6.45) is 0.346. The molecule has 1 aliphatic rings. The van der Waals surface area contributed by atoms with Gasteiger partial charge in [0.15, 0.2) is 0 Å². The molecule has 0 spiro atoms. The number of benzene rings is 3. The van der Waals surface area contributed by atoms with Crippen molar-refractivity contribution in [1.29, 1.82) is 5.26 Å². The Labute approximate surface area is 332 Å². The lowest BCUT2D eigenvalue weighted by atomic mass is 9.80. The van der Waals surface area contributed by atoms with Gasteiger partial charge in [0.25, 0.3) is 8.53 Å². The van der Waals surface area contributed by atoms with Crippen LogP contribution in [0.5, 0.6) is 17.4 Å². The molecule has 1 unspecified atom stereocenters. The van der Waals surface area contributed by atoms with E-state index in [0.29, 0.717) is 23.6 Å². The molecule has 1 N–H and O–H groups in total. The fourth-order valence-corrected chi connectivity index (χ4v) is 8.45. The van der Waals surface area contributed by atoms with Gasteiger partial charge in [0.2, 0.25) is 5.88 Å². The molecule has 0 bridgehead atoms. The van der Waals surface area contributed by atoms with Crippen LogP contribution in [0.15, 0.2) is 85.2 Å². The first-order valence-electron chi connectivity index (χ1n) is 19.0. The SMILES string of the molecule is COc1ccc(C(OC[C@H]2O[C@@H](c3[nH]cnc3OC(=O)C(C)(C)C)C[C@@H]2OP(OCCC#N)N(C(C)C)C(C)C)(c2ccccc2)c2ccc(OC)cc2)cc1. The number of H-pyrrole nitrogens is 1. The van der Waals surface area contributed by atoms with Gasteiger partial charge in [0.05, 0.1) is 57.8 Å². The van der Waals surface area contributed by atoms with Crippen molar-refractivity contribution in [3.8, 4) is 23.4 Å². The van der Waals surface area contributed by atoms with Gasteiger partial charge in [-0.15, -0.1) is 0 Å². The maximum Gasteiger partial charge on any atom is 0.318 e. The molecule has 1 fully saturated rings. The van der Waals surface area contributed by atoms with E-state index in [1.54, 1.807) is 35.0 Å². The number of methoxy groups -OCH3 is 2. The van der Waals surface area contributed by atoms with Crippen LogP contribution in [0.3, 0.4) is 0 Å². The minimum absolute atomic E-state index is 0.0860. The third kappa shape index (κ3) is 9.96. The Hall–Kier alpha value is -4.34. The number of aromatic nitrogens is 2. The Bertz CT molecular complexity index is 1820. The smallest absolute Gasteiger partial charge is 0.318 e. The highest BCUT2D eigenvalue weighted by molar-refractivity contribution is 7.44. The number of rotatable bonds is 18. The van der Waals surface area contributed by atoms with Crippen molar-refractivity contribution in [2.24, 2.45) is 5.41 Å². The normalized spacial score (nSPS) is 17.9. The zero-order chi connectivity index (χ0) is 40.5. The van der Waals surface area contributed by atoms with Crippen molar-refractivity contribution >= 4 is 14.5 Å². The molecule has 56 heavy (non-hydrogen) atoms. The van der Waals surface area contributed by atoms with Crippen molar-refractivity contribution in [2.45, 2.75) is 97.3 Å². The summed E-state index contributed by atoms with van der Waals surface area (Å²) in [6, 6.07) is 28.1. The van der Waals surface area contributed by atoms with Gasteiger partial charge < -0.3 is 37.7 Å².